The quantitative estimate of drug-likeness (QED) is 0.604. The fraction of sp³-hybridized carbons (Fsp3) is 0.143. The maximum Gasteiger partial charge on any atom is 0.0638 e. The summed E-state index contributed by atoms with van der Waals surface area (Å²) >= 11 is 5.71. The van der Waals surface area contributed by atoms with Crippen molar-refractivity contribution in [3.8, 4) is 0 Å². The number of nitrogens with two attached hydrogens (primary N) is 2. The maximum absolute atomic E-state index is 5.71. The molecule has 1 aromatic rings. The summed E-state index contributed by atoms with van der Waals surface area (Å²) in [5.41, 5.74) is 12.4. The largest absolute Gasteiger partial charge is 0.397 e. The van der Waals surface area contributed by atoms with E-state index in [9.17, 15) is 0 Å². The van der Waals surface area contributed by atoms with Crippen LogP contribution in [-0.2, 0) is 6.54 Å². The molecule has 0 radical (unpaired) electrons. The average molecular weight is 157 g/mol. The van der Waals surface area contributed by atoms with Crippen LogP contribution >= 0.6 is 11.6 Å². The Hall–Kier alpha value is -0.730. The number of rotatable bonds is 1. The minimum atomic E-state index is 0.437. The van der Waals surface area contributed by atoms with Crippen molar-refractivity contribution in [1.82, 2.24) is 0 Å². The molecule has 0 fully saturated rings. The number of nitrogen functional groups attached to an aromatic ring is 1. The lowest BCUT2D eigenvalue weighted by Crippen LogP contribution is -2.01. The van der Waals surface area contributed by atoms with Crippen molar-refractivity contribution in [3.05, 3.63) is 28.8 Å². The van der Waals surface area contributed by atoms with E-state index in [2.05, 4.69) is 0 Å². The van der Waals surface area contributed by atoms with Gasteiger partial charge in [-0.2, -0.15) is 0 Å². The van der Waals surface area contributed by atoms with E-state index in [0.717, 1.165) is 5.56 Å². The fourth-order valence-corrected chi connectivity index (χ4v) is 0.954. The lowest BCUT2D eigenvalue weighted by atomic mass is 10.2. The molecule has 0 aliphatic carbocycles. The van der Waals surface area contributed by atoms with Gasteiger partial charge >= 0.3 is 0 Å². The molecule has 0 atom stereocenters. The molecule has 0 spiro atoms. The molecule has 0 amide bonds. The van der Waals surface area contributed by atoms with Crippen molar-refractivity contribution in [3.63, 3.8) is 0 Å². The van der Waals surface area contributed by atoms with Gasteiger partial charge in [-0.15, -0.1) is 0 Å². The molecule has 4 N–H and O–H groups in total. The van der Waals surface area contributed by atoms with Crippen molar-refractivity contribution >= 4 is 17.3 Å². The summed E-state index contributed by atoms with van der Waals surface area (Å²) in [4.78, 5) is 0. The van der Waals surface area contributed by atoms with Gasteiger partial charge < -0.3 is 11.5 Å². The molecule has 2 nitrogen and oxygen atoms in total. The molecule has 0 aliphatic heterocycles. The lowest BCUT2D eigenvalue weighted by Gasteiger charge is -2.02. The van der Waals surface area contributed by atoms with Crippen LogP contribution in [0.4, 0.5) is 5.69 Å². The van der Waals surface area contributed by atoms with E-state index in [0.29, 0.717) is 17.3 Å². The van der Waals surface area contributed by atoms with E-state index in [1.165, 1.54) is 0 Å². The molecular formula is C7H9ClN2. The minimum Gasteiger partial charge on any atom is -0.397 e. The first kappa shape index (κ1) is 7.38. The van der Waals surface area contributed by atoms with Gasteiger partial charge in [0.2, 0.25) is 0 Å². The van der Waals surface area contributed by atoms with Crippen LogP contribution in [0.2, 0.25) is 5.02 Å². The zero-order chi connectivity index (χ0) is 7.56. The van der Waals surface area contributed by atoms with Gasteiger partial charge in [-0.3, -0.25) is 0 Å². The van der Waals surface area contributed by atoms with Crippen molar-refractivity contribution in [2.75, 3.05) is 5.73 Å². The van der Waals surface area contributed by atoms with Gasteiger partial charge in [0.05, 0.1) is 10.7 Å². The summed E-state index contributed by atoms with van der Waals surface area (Å²) in [6.07, 6.45) is 0. The molecule has 0 aromatic heterocycles. The van der Waals surface area contributed by atoms with Crippen LogP contribution in [-0.4, -0.2) is 0 Å². The zero-order valence-electron chi connectivity index (χ0n) is 5.47. The molecule has 54 valence electrons. The molecule has 0 bridgehead atoms. The predicted molar refractivity (Wildman–Crippen MR) is 43.8 cm³/mol. The van der Waals surface area contributed by atoms with E-state index in [1.807, 2.05) is 12.1 Å². The molecule has 0 unspecified atom stereocenters. The second-order valence-corrected chi connectivity index (χ2v) is 2.42. The molecule has 10 heavy (non-hydrogen) atoms. The monoisotopic (exact) mass is 156 g/mol. The Morgan fingerprint density at radius 2 is 2.10 bits per heavy atom. The molecule has 0 saturated heterocycles. The number of para-hydroxylation sites is 1. The molecule has 0 heterocycles. The van der Waals surface area contributed by atoms with Crippen molar-refractivity contribution < 1.29 is 0 Å². The third-order valence-corrected chi connectivity index (χ3v) is 1.69. The Morgan fingerprint density at radius 3 is 2.60 bits per heavy atom. The summed E-state index contributed by atoms with van der Waals surface area (Å²) in [5, 5.41) is 0.572. The highest BCUT2D eigenvalue weighted by Crippen LogP contribution is 2.21. The Bertz CT molecular complexity index is 235. The van der Waals surface area contributed by atoms with Crippen LogP contribution in [0.1, 0.15) is 5.56 Å². The Morgan fingerprint density at radius 1 is 1.40 bits per heavy atom. The Balaban J connectivity index is 3.14. The lowest BCUT2D eigenvalue weighted by molar-refractivity contribution is 1.08. The summed E-state index contributed by atoms with van der Waals surface area (Å²) in [6, 6.07) is 5.44. The molecule has 1 aromatic carbocycles. The van der Waals surface area contributed by atoms with Crippen LogP contribution in [0.5, 0.6) is 0 Å². The van der Waals surface area contributed by atoms with Gasteiger partial charge in [-0.1, -0.05) is 23.7 Å². The van der Waals surface area contributed by atoms with Gasteiger partial charge in [0.25, 0.3) is 0 Å². The first-order valence-corrected chi connectivity index (χ1v) is 3.36. The summed E-state index contributed by atoms with van der Waals surface area (Å²) in [5.74, 6) is 0. The molecular weight excluding hydrogens is 148 g/mol. The van der Waals surface area contributed by atoms with Crippen LogP contribution < -0.4 is 11.5 Å². The Kier molecular flexibility index (Phi) is 2.14. The first-order valence-electron chi connectivity index (χ1n) is 2.98. The van der Waals surface area contributed by atoms with Gasteiger partial charge in [-0.05, 0) is 11.6 Å². The Labute approximate surface area is 64.8 Å². The third-order valence-electron chi connectivity index (χ3n) is 1.36. The first-order chi connectivity index (χ1) is 4.75. The smallest absolute Gasteiger partial charge is 0.0638 e. The molecule has 1 rings (SSSR count). The number of hydrogen-bond acceptors (Lipinski definition) is 2. The topological polar surface area (TPSA) is 52.0 Å². The average Bonchev–Trinajstić information content (AvgIpc) is 1.95. The number of benzene rings is 1. The SMILES string of the molecule is NCc1cccc(Cl)c1N. The van der Waals surface area contributed by atoms with Crippen molar-refractivity contribution in [2.45, 2.75) is 6.54 Å². The fourth-order valence-electron chi connectivity index (χ4n) is 0.760. The standard InChI is InChI=1S/C7H9ClN2/c8-6-3-1-2-5(4-9)7(6)10/h1-3H,4,9-10H2. The van der Waals surface area contributed by atoms with Crippen LogP contribution in [0.15, 0.2) is 18.2 Å². The second kappa shape index (κ2) is 2.90. The molecule has 0 aliphatic rings. The summed E-state index contributed by atoms with van der Waals surface area (Å²) in [7, 11) is 0. The molecule has 0 saturated carbocycles. The maximum atomic E-state index is 5.71. The van der Waals surface area contributed by atoms with E-state index in [4.69, 9.17) is 23.1 Å². The normalized spacial score (nSPS) is 9.80. The highest BCUT2D eigenvalue weighted by molar-refractivity contribution is 6.33. The van der Waals surface area contributed by atoms with Crippen LogP contribution in [0.25, 0.3) is 0 Å². The highest BCUT2D eigenvalue weighted by Gasteiger charge is 1.98. The highest BCUT2D eigenvalue weighted by atomic mass is 35.5. The zero-order valence-corrected chi connectivity index (χ0v) is 6.23. The summed E-state index contributed by atoms with van der Waals surface area (Å²) in [6.45, 7) is 0.437. The van der Waals surface area contributed by atoms with E-state index >= 15 is 0 Å². The van der Waals surface area contributed by atoms with Gasteiger partial charge in [-0.25, -0.2) is 0 Å². The van der Waals surface area contributed by atoms with Crippen LogP contribution in [0, 0.1) is 0 Å². The van der Waals surface area contributed by atoms with Gasteiger partial charge in [0.1, 0.15) is 0 Å². The third kappa shape index (κ3) is 1.23. The number of halogens is 1. The number of anilines is 1. The second-order valence-electron chi connectivity index (χ2n) is 2.02. The number of hydrogen-bond donors (Lipinski definition) is 2. The predicted octanol–water partition coefficient (Wildman–Crippen LogP) is 1.38. The summed E-state index contributed by atoms with van der Waals surface area (Å²) < 4.78 is 0. The van der Waals surface area contributed by atoms with Gasteiger partial charge in [0.15, 0.2) is 0 Å². The van der Waals surface area contributed by atoms with E-state index in [1.54, 1.807) is 6.07 Å². The van der Waals surface area contributed by atoms with Crippen LogP contribution in [0.3, 0.4) is 0 Å². The van der Waals surface area contributed by atoms with Crippen molar-refractivity contribution in [2.24, 2.45) is 5.73 Å². The van der Waals surface area contributed by atoms with E-state index in [-0.39, 0.29) is 0 Å². The van der Waals surface area contributed by atoms with Gasteiger partial charge in [0, 0.05) is 6.54 Å². The van der Waals surface area contributed by atoms with Crippen molar-refractivity contribution in [1.29, 1.82) is 0 Å². The minimum absolute atomic E-state index is 0.437. The molecule has 3 heteroatoms. The van der Waals surface area contributed by atoms with E-state index < -0.39 is 0 Å².